The van der Waals surface area contributed by atoms with Gasteiger partial charge in [0.15, 0.2) is 11.5 Å². The van der Waals surface area contributed by atoms with E-state index < -0.39 is 15.9 Å². The Balaban J connectivity index is 1.97. The van der Waals surface area contributed by atoms with E-state index in [1.165, 1.54) is 20.3 Å². The zero-order valence-electron chi connectivity index (χ0n) is 16.3. The minimum atomic E-state index is -3.68. The predicted octanol–water partition coefficient (Wildman–Crippen LogP) is 3.03. The third-order valence-corrected chi connectivity index (χ3v) is 6.26. The lowest BCUT2D eigenvalue weighted by molar-refractivity contribution is -0.119. The van der Waals surface area contributed by atoms with Crippen molar-refractivity contribution in [1.82, 2.24) is 5.32 Å². The first-order chi connectivity index (χ1) is 13.7. The number of sulfonamides is 1. The molecule has 0 bridgehead atoms. The van der Waals surface area contributed by atoms with E-state index in [4.69, 9.17) is 21.1 Å². The molecule has 0 radical (unpaired) electrons. The molecule has 0 aliphatic heterocycles. The Labute approximate surface area is 180 Å². The molecule has 2 aromatic rings. The fourth-order valence-electron chi connectivity index (χ4n) is 2.46. The van der Waals surface area contributed by atoms with Gasteiger partial charge in [-0.3, -0.25) is 9.10 Å². The Kier molecular flexibility index (Phi) is 8.48. The number of carbonyl (C=O) groups is 1. The quantitative estimate of drug-likeness (QED) is 0.435. The van der Waals surface area contributed by atoms with Gasteiger partial charge in [-0.1, -0.05) is 11.6 Å². The van der Waals surface area contributed by atoms with Crippen LogP contribution in [0.25, 0.3) is 0 Å². The minimum Gasteiger partial charge on any atom is -0.493 e. The van der Waals surface area contributed by atoms with Gasteiger partial charge in [0.05, 0.1) is 26.2 Å². The number of carbonyl (C=O) groups excluding carboxylic acids is 1. The lowest BCUT2D eigenvalue weighted by Crippen LogP contribution is -2.41. The Bertz CT molecular complexity index is 936. The molecule has 0 fully saturated rings. The van der Waals surface area contributed by atoms with Crippen molar-refractivity contribution in [3.63, 3.8) is 0 Å². The monoisotopic (exact) mass is 458 g/mol. The molecule has 0 aliphatic rings. The molecule has 0 saturated heterocycles. The average Bonchev–Trinajstić information content (AvgIpc) is 2.69. The van der Waals surface area contributed by atoms with Crippen LogP contribution in [0.15, 0.2) is 47.4 Å². The molecule has 2 aromatic carbocycles. The number of methoxy groups -OCH3 is 2. The van der Waals surface area contributed by atoms with Crippen LogP contribution in [0.4, 0.5) is 5.69 Å². The van der Waals surface area contributed by atoms with Gasteiger partial charge in [0.25, 0.3) is 0 Å². The molecule has 0 aliphatic carbocycles. The number of anilines is 1. The topological polar surface area (TPSA) is 84.9 Å². The van der Waals surface area contributed by atoms with Crippen LogP contribution in [-0.2, 0) is 14.8 Å². The van der Waals surface area contributed by atoms with Crippen molar-refractivity contribution in [1.29, 1.82) is 0 Å². The second kappa shape index (κ2) is 10.6. The van der Waals surface area contributed by atoms with Crippen LogP contribution in [0.2, 0.25) is 5.02 Å². The molecule has 0 aromatic heterocycles. The highest BCUT2D eigenvalue weighted by Crippen LogP contribution is 2.32. The Hall–Kier alpha value is -2.10. The van der Waals surface area contributed by atoms with Crippen molar-refractivity contribution in [2.75, 3.05) is 43.6 Å². The van der Waals surface area contributed by atoms with E-state index in [9.17, 15) is 13.2 Å². The SMILES string of the molecule is COc1ccc(N(CC(=O)NCCSc2ccc(Cl)cc2)S(C)(=O)=O)cc1OC. The number of rotatable bonds is 10. The van der Waals surface area contributed by atoms with Crippen molar-refractivity contribution >= 4 is 45.0 Å². The number of amides is 1. The van der Waals surface area contributed by atoms with Gasteiger partial charge in [0.2, 0.25) is 15.9 Å². The van der Waals surface area contributed by atoms with Gasteiger partial charge in [-0.2, -0.15) is 0 Å². The van der Waals surface area contributed by atoms with E-state index in [0.29, 0.717) is 34.5 Å². The number of nitrogens with zero attached hydrogens (tertiary/aromatic N) is 1. The molecule has 1 amide bonds. The van der Waals surface area contributed by atoms with Crippen LogP contribution in [-0.4, -0.2) is 53.6 Å². The normalized spacial score (nSPS) is 11.0. The van der Waals surface area contributed by atoms with Crippen LogP contribution in [0.3, 0.4) is 0 Å². The van der Waals surface area contributed by atoms with Crippen LogP contribution >= 0.6 is 23.4 Å². The molecule has 0 saturated carbocycles. The van der Waals surface area contributed by atoms with Crippen LogP contribution < -0.4 is 19.1 Å². The molecular weight excluding hydrogens is 436 g/mol. The average molecular weight is 459 g/mol. The third kappa shape index (κ3) is 7.02. The molecule has 0 unspecified atom stereocenters. The van der Waals surface area contributed by atoms with Crippen LogP contribution in [0.1, 0.15) is 0 Å². The number of ether oxygens (including phenoxy) is 2. The summed E-state index contributed by atoms with van der Waals surface area (Å²) in [7, 11) is -0.734. The maximum atomic E-state index is 12.3. The summed E-state index contributed by atoms with van der Waals surface area (Å²) in [6, 6.07) is 12.1. The zero-order chi connectivity index (χ0) is 21.4. The number of halogens is 1. The number of hydrogen-bond donors (Lipinski definition) is 1. The summed E-state index contributed by atoms with van der Waals surface area (Å²) < 4.78 is 35.8. The molecule has 10 heteroatoms. The van der Waals surface area contributed by atoms with Crippen molar-refractivity contribution in [3.05, 3.63) is 47.5 Å². The first-order valence-electron chi connectivity index (χ1n) is 8.59. The molecule has 0 spiro atoms. The standard InChI is InChI=1S/C19H23ClN2O5S2/c1-26-17-9-6-15(12-18(17)27-2)22(29(3,24)25)13-19(23)21-10-11-28-16-7-4-14(20)5-8-16/h4-9,12H,10-11,13H2,1-3H3,(H,21,23). The summed E-state index contributed by atoms with van der Waals surface area (Å²) >= 11 is 7.42. The second-order valence-corrected chi connectivity index (χ2v) is 9.47. The number of nitrogens with one attached hydrogen (secondary N) is 1. The molecule has 29 heavy (non-hydrogen) atoms. The molecule has 2 rings (SSSR count). The molecule has 0 atom stereocenters. The first-order valence-corrected chi connectivity index (χ1v) is 11.8. The molecular formula is C19H23ClN2O5S2. The van der Waals surface area contributed by atoms with Crippen molar-refractivity contribution in [3.8, 4) is 11.5 Å². The van der Waals surface area contributed by atoms with Crippen molar-refractivity contribution < 1.29 is 22.7 Å². The van der Waals surface area contributed by atoms with Crippen molar-refractivity contribution in [2.24, 2.45) is 0 Å². The predicted molar refractivity (Wildman–Crippen MR) is 117 cm³/mol. The number of hydrogen-bond acceptors (Lipinski definition) is 6. The maximum absolute atomic E-state index is 12.3. The van der Waals surface area contributed by atoms with Gasteiger partial charge in [0.1, 0.15) is 6.54 Å². The van der Waals surface area contributed by atoms with E-state index in [2.05, 4.69) is 5.32 Å². The van der Waals surface area contributed by atoms with Gasteiger partial charge in [-0.15, -0.1) is 11.8 Å². The van der Waals surface area contributed by atoms with Gasteiger partial charge >= 0.3 is 0 Å². The van der Waals surface area contributed by atoms with Crippen LogP contribution in [0.5, 0.6) is 11.5 Å². The summed E-state index contributed by atoms with van der Waals surface area (Å²) in [6.07, 6.45) is 1.05. The van der Waals surface area contributed by atoms with Gasteiger partial charge in [-0.05, 0) is 36.4 Å². The Morgan fingerprint density at radius 2 is 1.76 bits per heavy atom. The lowest BCUT2D eigenvalue weighted by Gasteiger charge is -2.23. The molecule has 0 heterocycles. The highest BCUT2D eigenvalue weighted by molar-refractivity contribution is 7.99. The largest absolute Gasteiger partial charge is 0.493 e. The second-order valence-electron chi connectivity index (χ2n) is 5.96. The van der Waals surface area contributed by atoms with E-state index in [-0.39, 0.29) is 6.54 Å². The van der Waals surface area contributed by atoms with E-state index in [1.807, 2.05) is 12.1 Å². The summed E-state index contributed by atoms with van der Waals surface area (Å²) in [5.41, 5.74) is 0.316. The fraction of sp³-hybridized carbons (Fsp3) is 0.316. The van der Waals surface area contributed by atoms with Crippen LogP contribution in [0, 0.1) is 0 Å². The molecule has 158 valence electrons. The van der Waals surface area contributed by atoms with Crippen molar-refractivity contribution in [2.45, 2.75) is 4.90 Å². The third-order valence-electron chi connectivity index (χ3n) is 3.85. The van der Waals surface area contributed by atoms with E-state index in [0.717, 1.165) is 15.5 Å². The summed E-state index contributed by atoms with van der Waals surface area (Å²) in [5.74, 6) is 1.08. The summed E-state index contributed by atoms with van der Waals surface area (Å²) in [6.45, 7) is 0.0651. The first kappa shape index (κ1) is 23.2. The van der Waals surface area contributed by atoms with Gasteiger partial charge in [-0.25, -0.2) is 8.42 Å². The Morgan fingerprint density at radius 1 is 1.10 bits per heavy atom. The smallest absolute Gasteiger partial charge is 0.240 e. The molecule has 1 N–H and O–H groups in total. The van der Waals surface area contributed by atoms with Gasteiger partial charge in [0, 0.05) is 28.3 Å². The number of thioether (sulfide) groups is 1. The fourth-order valence-corrected chi connectivity index (χ4v) is 4.20. The van der Waals surface area contributed by atoms with Gasteiger partial charge < -0.3 is 14.8 Å². The van der Waals surface area contributed by atoms with E-state index >= 15 is 0 Å². The minimum absolute atomic E-state index is 0.316. The number of benzene rings is 2. The summed E-state index contributed by atoms with van der Waals surface area (Å²) in [5, 5.41) is 3.41. The van der Waals surface area contributed by atoms with E-state index in [1.54, 1.807) is 36.0 Å². The Morgan fingerprint density at radius 3 is 2.34 bits per heavy atom. The lowest BCUT2D eigenvalue weighted by atomic mass is 10.2. The zero-order valence-corrected chi connectivity index (χ0v) is 18.7. The highest BCUT2D eigenvalue weighted by Gasteiger charge is 2.22. The molecule has 7 nitrogen and oxygen atoms in total. The highest BCUT2D eigenvalue weighted by atomic mass is 35.5. The maximum Gasteiger partial charge on any atom is 0.240 e. The summed E-state index contributed by atoms with van der Waals surface area (Å²) in [4.78, 5) is 13.3.